The Bertz CT molecular complexity index is 442. The molecule has 1 aliphatic carbocycles. The van der Waals surface area contributed by atoms with Gasteiger partial charge in [-0.3, -0.25) is 0 Å². The Balaban J connectivity index is 2.05. The third-order valence-corrected chi connectivity index (χ3v) is 4.28. The highest BCUT2D eigenvalue weighted by Gasteiger charge is 2.22. The number of nitrogens with one attached hydrogen (secondary N) is 1. The first-order chi connectivity index (χ1) is 10.1. The smallest absolute Gasteiger partial charge is 0.170 e. The summed E-state index contributed by atoms with van der Waals surface area (Å²) in [6.45, 7) is 5.77. The van der Waals surface area contributed by atoms with E-state index in [1.807, 2.05) is 11.9 Å². The molecule has 0 radical (unpaired) electrons. The molecule has 0 aromatic carbocycles. The number of aromatic nitrogens is 1. The van der Waals surface area contributed by atoms with Gasteiger partial charge in [-0.25, -0.2) is 9.37 Å². The minimum Gasteiger partial charge on any atom is -0.354 e. The van der Waals surface area contributed by atoms with Crippen LogP contribution in [0.4, 0.5) is 10.2 Å². The summed E-state index contributed by atoms with van der Waals surface area (Å²) in [5.41, 5.74) is 0.711. The van der Waals surface area contributed by atoms with Crippen molar-refractivity contribution in [2.75, 3.05) is 18.5 Å². The van der Waals surface area contributed by atoms with Crippen LogP contribution in [0.15, 0.2) is 12.3 Å². The van der Waals surface area contributed by atoms with Crippen LogP contribution in [0.2, 0.25) is 0 Å². The van der Waals surface area contributed by atoms with E-state index in [0.29, 0.717) is 29.9 Å². The van der Waals surface area contributed by atoms with Crippen LogP contribution in [0.1, 0.15) is 51.5 Å². The van der Waals surface area contributed by atoms with Crippen LogP contribution in [0, 0.1) is 11.7 Å². The zero-order valence-electron chi connectivity index (χ0n) is 13.5. The van der Waals surface area contributed by atoms with Gasteiger partial charge in [0.15, 0.2) is 11.6 Å². The molecule has 1 aliphatic rings. The fourth-order valence-electron chi connectivity index (χ4n) is 2.99. The Labute approximate surface area is 127 Å². The van der Waals surface area contributed by atoms with Gasteiger partial charge in [0.1, 0.15) is 0 Å². The van der Waals surface area contributed by atoms with E-state index < -0.39 is 0 Å². The van der Waals surface area contributed by atoms with E-state index in [9.17, 15) is 4.39 Å². The van der Waals surface area contributed by atoms with Gasteiger partial charge in [-0.05, 0) is 31.4 Å². The van der Waals surface area contributed by atoms with E-state index in [1.165, 1.54) is 19.3 Å². The van der Waals surface area contributed by atoms with Crippen molar-refractivity contribution in [3.8, 4) is 0 Å². The molecular weight excluding hydrogens is 265 g/mol. The van der Waals surface area contributed by atoms with E-state index in [1.54, 1.807) is 12.3 Å². The van der Waals surface area contributed by atoms with Crippen LogP contribution in [0.25, 0.3) is 0 Å². The molecule has 21 heavy (non-hydrogen) atoms. The van der Waals surface area contributed by atoms with E-state index in [4.69, 9.17) is 0 Å². The van der Waals surface area contributed by atoms with Gasteiger partial charge >= 0.3 is 0 Å². The zero-order chi connectivity index (χ0) is 15.2. The highest BCUT2D eigenvalue weighted by atomic mass is 19.1. The van der Waals surface area contributed by atoms with Gasteiger partial charge in [-0.1, -0.05) is 33.1 Å². The largest absolute Gasteiger partial charge is 0.354 e. The highest BCUT2D eigenvalue weighted by molar-refractivity contribution is 5.43. The lowest BCUT2D eigenvalue weighted by atomic mass is 9.94. The third kappa shape index (κ3) is 4.40. The van der Waals surface area contributed by atoms with Gasteiger partial charge in [0.25, 0.3) is 0 Å². The quantitative estimate of drug-likeness (QED) is 0.866. The molecule has 0 aliphatic heterocycles. The summed E-state index contributed by atoms with van der Waals surface area (Å²) in [6, 6.07) is 2.21. The molecule has 4 heteroatoms. The molecule has 0 saturated heterocycles. The minimum absolute atomic E-state index is 0.165. The predicted octanol–water partition coefficient (Wildman–Crippen LogP) is 3.74. The Morgan fingerprint density at radius 1 is 1.33 bits per heavy atom. The molecule has 0 amide bonds. The summed E-state index contributed by atoms with van der Waals surface area (Å²) in [6.07, 6.45) is 7.81. The molecule has 0 bridgehead atoms. The molecule has 0 atom stereocenters. The monoisotopic (exact) mass is 293 g/mol. The van der Waals surface area contributed by atoms with Gasteiger partial charge in [0, 0.05) is 31.4 Å². The van der Waals surface area contributed by atoms with Crippen molar-refractivity contribution < 1.29 is 4.39 Å². The van der Waals surface area contributed by atoms with Crippen molar-refractivity contribution in [2.24, 2.45) is 5.92 Å². The normalized spacial score (nSPS) is 16.4. The molecule has 1 heterocycles. The molecule has 1 aromatic heterocycles. The van der Waals surface area contributed by atoms with Crippen LogP contribution in [-0.4, -0.2) is 24.6 Å². The number of anilines is 1. The summed E-state index contributed by atoms with van der Waals surface area (Å²) in [5, 5.41) is 3.30. The number of halogens is 1. The van der Waals surface area contributed by atoms with E-state index in [-0.39, 0.29) is 5.82 Å². The summed E-state index contributed by atoms with van der Waals surface area (Å²) in [4.78, 5) is 6.32. The number of nitrogens with zero attached hydrogens (tertiary/aromatic N) is 2. The van der Waals surface area contributed by atoms with Crippen molar-refractivity contribution >= 4 is 5.82 Å². The molecular formula is C17H28FN3. The maximum atomic E-state index is 14.7. The number of hydrogen-bond acceptors (Lipinski definition) is 3. The maximum absolute atomic E-state index is 14.7. The van der Waals surface area contributed by atoms with Crippen LogP contribution >= 0.6 is 0 Å². The first-order valence-corrected chi connectivity index (χ1v) is 8.16. The van der Waals surface area contributed by atoms with E-state index in [0.717, 1.165) is 19.4 Å². The third-order valence-electron chi connectivity index (χ3n) is 4.28. The highest BCUT2D eigenvalue weighted by Crippen LogP contribution is 2.27. The fraction of sp³-hybridized carbons (Fsp3) is 0.706. The Kier molecular flexibility index (Phi) is 5.97. The molecule has 1 N–H and O–H groups in total. The lowest BCUT2D eigenvalue weighted by Crippen LogP contribution is -2.34. The number of pyridine rings is 1. The van der Waals surface area contributed by atoms with Crippen LogP contribution in [0.3, 0.4) is 0 Å². The molecule has 1 saturated carbocycles. The summed E-state index contributed by atoms with van der Waals surface area (Å²) < 4.78 is 14.7. The maximum Gasteiger partial charge on any atom is 0.170 e. The molecule has 118 valence electrons. The summed E-state index contributed by atoms with van der Waals surface area (Å²) >= 11 is 0. The molecule has 0 spiro atoms. The van der Waals surface area contributed by atoms with Crippen molar-refractivity contribution in [1.82, 2.24) is 10.3 Å². The minimum atomic E-state index is -0.165. The zero-order valence-corrected chi connectivity index (χ0v) is 13.5. The van der Waals surface area contributed by atoms with Crippen molar-refractivity contribution in [3.05, 3.63) is 23.6 Å². The van der Waals surface area contributed by atoms with Gasteiger partial charge < -0.3 is 10.2 Å². The second-order valence-corrected chi connectivity index (χ2v) is 6.54. The summed E-state index contributed by atoms with van der Waals surface area (Å²) in [5.74, 6) is 0.909. The lowest BCUT2D eigenvalue weighted by Gasteiger charge is -2.32. The van der Waals surface area contributed by atoms with Crippen molar-refractivity contribution in [3.63, 3.8) is 0 Å². The van der Waals surface area contributed by atoms with Crippen molar-refractivity contribution in [2.45, 2.75) is 58.5 Å². The fourth-order valence-corrected chi connectivity index (χ4v) is 2.99. The molecule has 0 unspecified atom stereocenters. The van der Waals surface area contributed by atoms with Gasteiger partial charge in [-0.2, -0.15) is 0 Å². The van der Waals surface area contributed by atoms with Crippen LogP contribution in [0.5, 0.6) is 0 Å². The molecule has 3 nitrogen and oxygen atoms in total. The van der Waals surface area contributed by atoms with Crippen LogP contribution < -0.4 is 10.2 Å². The van der Waals surface area contributed by atoms with Gasteiger partial charge in [0.2, 0.25) is 0 Å². The van der Waals surface area contributed by atoms with Gasteiger partial charge in [-0.15, -0.1) is 0 Å². The molecule has 2 rings (SSSR count). The first kappa shape index (κ1) is 16.2. The lowest BCUT2D eigenvalue weighted by molar-refractivity contribution is 0.421. The second-order valence-electron chi connectivity index (χ2n) is 6.54. The van der Waals surface area contributed by atoms with E-state index >= 15 is 0 Å². The topological polar surface area (TPSA) is 28.2 Å². The average molecular weight is 293 g/mol. The number of hydrogen-bond donors (Lipinski definition) is 1. The van der Waals surface area contributed by atoms with Gasteiger partial charge in [0.05, 0.1) is 0 Å². The Hall–Kier alpha value is -1.16. The standard InChI is InChI=1S/C17H28FN3/c1-13(2)11-19-12-14-9-10-20-17(16(14)18)21(3)15-7-5-4-6-8-15/h9-10,13,15,19H,4-8,11-12H2,1-3H3. The number of rotatable bonds is 6. The predicted molar refractivity (Wildman–Crippen MR) is 86.0 cm³/mol. The first-order valence-electron chi connectivity index (χ1n) is 8.16. The van der Waals surface area contributed by atoms with Crippen LogP contribution in [-0.2, 0) is 6.54 Å². The molecule has 1 fully saturated rings. The second kappa shape index (κ2) is 7.74. The Morgan fingerprint density at radius 2 is 2.05 bits per heavy atom. The Morgan fingerprint density at radius 3 is 2.71 bits per heavy atom. The summed E-state index contributed by atoms with van der Waals surface area (Å²) in [7, 11) is 1.98. The SMILES string of the molecule is CC(C)CNCc1ccnc(N(C)C2CCCCC2)c1F. The van der Waals surface area contributed by atoms with E-state index in [2.05, 4.69) is 24.1 Å². The molecule has 1 aromatic rings. The average Bonchev–Trinajstić information content (AvgIpc) is 2.49. The van der Waals surface area contributed by atoms with Crippen molar-refractivity contribution in [1.29, 1.82) is 0 Å².